The Morgan fingerprint density at radius 2 is 1.07 bits per heavy atom. The molecule has 0 spiro atoms. The van der Waals surface area contributed by atoms with Crippen LogP contribution >= 0.6 is 0 Å². The number of alkyl halides is 6. The Morgan fingerprint density at radius 1 is 0.610 bits per heavy atom. The van der Waals surface area contributed by atoms with Gasteiger partial charge in [0.2, 0.25) is 5.41 Å². The van der Waals surface area contributed by atoms with Crippen LogP contribution in [-0.4, -0.2) is 37.5 Å². The van der Waals surface area contributed by atoms with E-state index in [4.69, 9.17) is 9.47 Å². The number of unbranched alkanes of at least 4 members (excludes halogenated alkanes) is 8. The molecule has 2 aromatic rings. The summed E-state index contributed by atoms with van der Waals surface area (Å²) < 4.78 is 98.4. The van der Waals surface area contributed by atoms with Crippen molar-refractivity contribution in [1.82, 2.24) is 0 Å². The quantitative estimate of drug-likeness (QED) is 0.111. The first-order chi connectivity index (χ1) is 19.4. The number of esters is 2. The van der Waals surface area contributed by atoms with Crippen molar-refractivity contribution in [3.8, 4) is 0 Å². The molecule has 0 aliphatic rings. The Bertz CT molecular complexity index is 1080. The fourth-order valence-electron chi connectivity index (χ4n) is 4.70. The van der Waals surface area contributed by atoms with Gasteiger partial charge in [-0.05, 0) is 42.2 Å². The maximum atomic E-state index is 14.7. The summed E-state index contributed by atoms with van der Waals surface area (Å²) in [6.45, 7) is 4.03. The van der Waals surface area contributed by atoms with Crippen molar-refractivity contribution in [2.45, 2.75) is 95.8 Å². The van der Waals surface area contributed by atoms with Crippen LogP contribution in [0.3, 0.4) is 0 Å². The van der Waals surface area contributed by atoms with E-state index in [-0.39, 0.29) is 18.8 Å². The molecule has 0 saturated carbocycles. The lowest BCUT2D eigenvalue weighted by Crippen LogP contribution is -2.55. The molecule has 0 N–H and O–H groups in total. The third-order valence-electron chi connectivity index (χ3n) is 6.92. The van der Waals surface area contributed by atoms with E-state index in [9.17, 15) is 35.9 Å². The summed E-state index contributed by atoms with van der Waals surface area (Å²) in [5.74, 6) is -2.12. The Morgan fingerprint density at radius 3 is 1.56 bits per heavy atom. The molecule has 10 heteroatoms. The van der Waals surface area contributed by atoms with Crippen LogP contribution in [0.15, 0.2) is 48.5 Å². The number of carbonyl (C=O) groups is 2. The lowest BCUT2D eigenvalue weighted by Gasteiger charge is -2.39. The maximum absolute atomic E-state index is 14.7. The van der Waals surface area contributed by atoms with E-state index >= 15 is 0 Å². The molecule has 2 rings (SSSR count). The molecule has 0 aliphatic carbocycles. The number of ether oxygens (including phenoxy) is 2. The third-order valence-corrected chi connectivity index (χ3v) is 6.92. The van der Waals surface area contributed by atoms with Gasteiger partial charge >= 0.3 is 24.3 Å². The van der Waals surface area contributed by atoms with Gasteiger partial charge in [0.1, 0.15) is 0 Å². The molecular weight excluding hydrogens is 550 g/mol. The molecule has 228 valence electrons. The summed E-state index contributed by atoms with van der Waals surface area (Å²) in [4.78, 5) is 25.2. The van der Waals surface area contributed by atoms with Gasteiger partial charge in [-0.1, -0.05) is 95.5 Å². The highest BCUT2D eigenvalue weighted by Gasteiger charge is 2.73. The number of carbonyl (C=O) groups excluding carboxylic acids is 2. The molecular formula is C31H38F6O4. The standard InChI is InChI=1S/C31H38F6O4/c1-3-5-7-9-13-21-40-27(38)23-17-19-24(20-18-23)29(30(32,33)34,31(35,36)37)26-16-12-11-15-25(26)28(39)41-22-14-10-8-6-4-2/h11-12,15-20H,3-10,13-14,21-22H2,1-2H3. The molecule has 4 nitrogen and oxygen atoms in total. The van der Waals surface area contributed by atoms with Crippen LogP contribution in [0, 0.1) is 0 Å². The second-order valence-electron chi connectivity index (χ2n) is 9.97. The topological polar surface area (TPSA) is 52.6 Å². The first-order valence-corrected chi connectivity index (χ1v) is 14.1. The second kappa shape index (κ2) is 15.8. The van der Waals surface area contributed by atoms with Crippen molar-refractivity contribution in [2.75, 3.05) is 13.2 Å². The minimum atomic E-state index is -5.90. The van der Waals surface area contributed by atoms with Gasteiger partial charge in [0.05, 0.1) is 24.3 Å². The van der Waals surface area contributed by atoms with Gasteiger partial charge < -0.3 is 9.47 Å². The number of rotatable bonds is 16. The van der Waals surface area contributed by atoms with Crippen LogP contribution in [0.5, 0.6) is 0 Å². The fraction of sp³-hybridized carbons (Fsp3) is 0.548. The highest BCUT2D eigenvalue weighted by Crippen LogP contribution is 2.57. The monoisotopic (exact) mass is 588 g/mol. The summed E-state index contributed by atoms with van der Waals surface area (Å²) in [5, 5.41) is 0. The smallest absolute Gasteiger partial charge is 0.411 e. The van der Waals surface area contributed by atoms with E-state index < -0.39 is 46.4 Å². The molecule has 41 heavy (non-hydrogen) atoms. The Hall–Kier alpha value is -3.04. The zero-order valence-electron chi connectivity index (χ0n) is 23.5. The zero-order chi connectivity index (χ0) is 30.5. The van der Waals surface area contributed by atoms with Gasteiger partial charge in [0, 0.05) is 0 Å². The van der Waals surface area contributed by atoms with E-state index in [1.165, 1.54) is 6.07 Å². The summed E-state index contributed by atoms with van der Waals surface area (Å²) in [7, 11) is 0. The number of benzene rings is 2. The first kappa shape index (κ1) is 34.2. The molecule has 0 unspecified atom stereocenters. The highest BCUT2D eigenvalue weighted by molar-refractivity contribution is 5.92. The Balaban J connectivity index is 2.40. The van der Waals surface area contributed by atoms with Crippen LogP contribution < -0.4 is 0 Å². The fourth-order valence-corrected chi connectivity index (χ4v) is 4.70. The summed E-state index contributed by atoms with van der Waals surface area (Å²) in [6.07, 6.45) is -3.36. The summed E-state index contributed by atoms with van der Waals surface area (Å²) in [5.41, 5.74) is -8.05. The van der Waals surface area contributed by atoms with Gasteiger partial charge in [-0.15, -0.1) is 0 Å². The van der Waals surface area contributed by atoms with Crippen molar-refractivity contribution in [3.63, 3.8) is 0 Å². The van der Waals surface area contributed by atoms with Crippen LogP contribution in [-0.2, 0) is 14.9 Å². The summed E-state index contributed by atoms with van der Waals surface area (Å²) >= 11 is 0. The van der Waals surface area contributed by atoms with Crippen molar-refractivity contribution in [2.24, 2.45) is 0 Å². The van der Waals surface area contributed by atoms with Gasteiger partial charge in [-0.25, -0.2) is 9.59 Å². The number of hydrogen-bond donors (Lipinski definition) is 0. The summed E-state index contributed by atoms with van der Waals surface area (Å²) in [6, 6.07) is 6.68. The number of hydrogen-bond acceptors (Lipinski definition) is 4. The molecule has 0 saturated heterocycles. The molecule has 0 aliphatic heterocycles. The van der Waals surface area contributed by atoms with Crippen LogP contribution in [0.2, 0.25) is 0 Å². The minimum Gasteiger partial charge on any atom is -0.462 e. The molecule has 0 bridgehead atoms. The molecule has 2 aromatic carbocycles. The Labute approximate surface area is 237 Å². The predicted molar refractivity (Wildman–Crippen MR) is 144 cm³/mol. The van der Waals surface area contributed by atoms with Gasteiger partial charge in [-0.3, -0.25) is 0 Å². The normalized spacial score (nSPS) is 12.3. The van der Waals surface area contributed by atoms with E-state index in [1.54, 1.807) is 0 Å². The van der Waals surface area contributed by atoms with Crippen molar-refractivity contribution >= 4 is 11.9 Å². The molecule has 0 atom stereocenters. The average molecular weight is 589 g/mol. The molecule has 0 amide bonds. The lowest BCUT2D eigenvalue weighted by atomic mass is 9.71. The first-order valence-electron chi connectivity index (χ1n) is 14.1. The average Bonchev–Trinajstić information content (AvgIpc) is 2.91. The second-order valence-corrected chi connectivity index (χ2v) is 9.97. The SMILES string of the molecule is CCCCCCCOC(=O)c1ccc(C(c2ccccc2C(=O)OCCCCCCC)(C(F)(F)F)C(F)(F)F)cc1. The predicted octanol–water partition coefficient (Wildman–Crippen LogP) is 9.35. The molecule has 0 fully saturated rings. The van der Waals surface area contributed by atoms with Gasteiger partial charge in [-0.2, -0.15) is 26.3 Å². The van der Waals surface area contributed by atoms with Crippen molar-refractivity contribution < 1.29 is 45.4 Å². The zero-order valence-corrected chi connectivity index (χ0v) is 23.5. The third kappa shape index (κ3) is 8.72. The maximum Gasteiger partial charge on any atom is 0.411 e. The molecule has 0 heterocycles. The van der Waals surface area contributed by atoms with Gasteiger partial charge in [0.25, 0.3) is 0 Å². The Kier molecular flexibility index (Phi) is 13.2. The van der Waals surface area contributed by atoms with Crippen LogP contribution in [0.25, 0.3) is 0 Å². The van der Waals surface area contributed by atoms with E-state index in [2.05, 4.69) is 6.92 Å². The largest absolute Gasteiger partial charge is 0.462 e. The van der Waals surface area contributed by atoms with Crippen molar-refractivity contribution in [3.05, 3.63) is 70.8 Å². The van der Waals surface area contributed by atoms with Crippen molar-refractivity contribution in [1.29, 1.82) is 0 Å². The van der Waals surface area contributed by atoms with E-state index in [0.717, 1.165) is 69.2 Å². The lowest BCUT2D eigenvalue weighted by molar-refractivity contribution is -0.288. The van der Waals surface area contributed by atoms with Crippen LogP contribution in [0.1, 0.15) is 110 Å². The van der Waals surface area contributed by atoms with Gasteiger partial charge in [0.15, 0.2) is 0 Å². The van der Waals surface area contributed by atoms with E-state index in [0.29, 0.717) is 37.5 Å². The highest BCUT2D eigenvalue weighted by atomic mass is 19.4. The minimum absolute atomic E-state index is 0.0907. The molecule has 0 radical (unpaired) electrons. The number of halogens is 6. The van der Waals surface area contributed by atoms with Crippen LogP contribution in [0.4, 0.5) is 26.3 Å². The molecule has 0 aromatic heterocycles. The van der Waals surface area contributed by atoms with E-state index in [1.807, 2.05) is 6.92 Å².